The van der Waals surface area contributed by atoms with Gasteiger partial charge in [-0.15, -0.1) is 0 Å². The van der Waals surface area contributed by atoms with Crippen molar-refractivity contribution in [3.63, 3.8) is 0 Å². The Labute approximate surface area is 158 Å². The number of nitrogens with zero attached hydrogens (tertiary/aromatic N) is 5. The summed E-state index contributed by atoms with van der Waals surface area (Å²) in [7, 11) is 3.85. The van der Waals surface area contributed by atoms with Crippen LogP contribution in [0.4, 0.5) is 0 Å². The monoisotopic (exact) mass is 367 g/mol. The van der Waals surface area contributed by atoms with Crippen molar-refractivity contribution in [1.82, 2.24) is 24.8 Å². The summed E-state index contributed by atoms with van der Waals surface area (Å²) >= 11 is 0. The molecule has 0 bridgehead atoms. The van der Waals surface area contributed by atoms with E-state index in [1.165, 1.54) is 0 Å². The van der Waals surface area contributed by atoms with E-state index >= 15 is 0 Å². The van der Waals surface area contributed by atoms with Crippen LogP contribution in [0.2, 0.25) is 0 Å². The van der Waals surface area contributed by atoms with E-state index in [2.05, 4.69) is 17.1 Å². The highest BCUT2D eigenvalue weighted by Crippen LogP contribution is 2.29. The first-order valence-electron chi connectivity index (χ1n) is 9.40. The lowest BCUT2D eigenvalue weighted by molar-refractivity contribution is 0.198. The number of hydrogen-bond acceptors (Lipinski definition) is 6. The molecule has 0 saturated carbocycles. The van der Waals surface area contributed by atoms with Crippen molar-refractivity contribution in [1.29, 1.82) is 0 Å². The predicted octanol–water partition coefficient (Wildman–Crippen LogP) is 3.06. The van der Waals surface area contributed by atoms with Crippen LogP contribution < -0.4 is 0 Å². The highest BCUT2D eigenvalue weighted by atomic mass is 16.5. The summed E-state index contributed by atoms with van der Waals surface area (Å²) in [6.07, 6.45) is 2.80. The maximum atomic E-state index is 5.59. The Kier molecular flexibility index (Phi) is 5.31. The van der Waals surface area contributed by atoms with Gasteiger partial charge < -0.3 is 14.2 Å². The first-order chi connectivity index (χ1) is 13.2. The van der Waals surface area contributed by atoms with E-state index in [0.29, 0.717) is 19.1 Å². The quantitative estimate of drug-likeness (QED) is 0.667. The normalized spacial score (nSPS) is 16.1. The van der Waals surface area contributed by atoms with Crippen LogP contribution in [0.3, 0.4) is 0 Å². The molecule has 1 aliphatic rings. The summed E-state index contributed by atoms with van der Waals surface area (Å²) in [5.41, 5.74) is 1.73. The zero-order chi connectivity index (χ0) is 18.6. The smallest absolute Gasteiger partial charge is 0.180 e. The number of methoxy groups -OCH3 is 1. The molecule has 3 aromatic rings. The van der Waals surface area contributed by atoms with Crippen molar-refractivity contribution in [3.8, 4) is 22.8 Å². The molecule has 0 radical (unpaired) electrons. The van der Waals surface area contributed by atoms with Gasteiger partial charge in [-0.05, 0) is 33.0 Å². The number of benzene rings is 1. The van der Waals surface area contributed by atoms with Crippen LogP contribution in [0.15, 0.2) is 40.9 Å². The number of ether oxygens (including phenoxy) is 1. The van der Waals surface area contributed by atoms with E-state index in [1.807, 2.05) is 41.1 Å². The molecule has 0 N–H and O–H groups in total. The van der Waals surface area contributed by atoms with Crippen LogP contribution >= 0.6 is 0 Å². The van der Waals surface area contributed by atoms with Crippen LogP contribution in [-0.4, -0.2) is 58.7 Å². The highest BCUT2D eigenvalue weighted by molar-refractivity contribution is 5.63. The SMILES string of the molecule is COCCc1nc(-c2cc(-c3ccccc3)on2)n(C2CCN(C)CC2)n1. The Bertz CT molecular complexity index is 866. The van der Waals surface area contributed by atoms with Gasteiger partial charge in [0.1, 0.15) is 0 Å². The zero-order valence-electron chi connectivity index (χ0n) is 15.8. The Balaban J connectivity index is 1.66. The number of piperidine rings is 1. The number of likely N-dealkylation sites (tertiary alicyclic amines) is 1. The molecule has 4 rings (SSSR count). The van der Waals surface area contributed by atoms with E-state index in [4.69, 9.17) is 19.3 Å². The van der Waals surface area contributed by atoms with E-state index in [1.54, 1.807) is 7.11 Å². The lowest BCUT2D eigenvalue weighted by Crippen LogP contribution is -2.32. The van der Waals surface area contributed by atoms with Crippen molar-refractivity contribution in [2.75, 3.05) is 33.9 Å². The first-order valence-corrected chi connectivity index (χ1v) is 9.40. The van der Waals surface area contributed by atoms with E-state index in [-0.39, 0.29) is 0 Å². The number of rotatable bonds is 6. The third kappa shape index (κ3) is 3.94. The number of hydrogen-bond donors (Lipinski definition) is 0. The van der Waals surface area contributed by atoms with Crippen LogP contribution in [0.5, 0.6) is 0 Å². The molecule has 0 spiro atoms. The summed E-state index contributed by atoms with van der Waals surface area (Å²) in [5, 5.41) is 9.07. The van der Waals surface area contributed by atoms with Gasteiger partial charge in [0.2, 0.25) is 0 Å². The van der Waals surface area contributed by atoms with Crippen LogP contribution in [0.1, 0.15) is 24.7 Å². The number of aromatic nitrogens is 4. The minimum absolute atomic E-state index is 0.330. The molecule has 2 aromatic heterocycles. The molecular formula is C20H25N5O2. The zero-order valence-corrected chi connectivity index (χ0v) is 15.8. The molecule has 1 aliphatic heterocycles. The van der Waals surface area contributed by atoms with Gasteiger partial charge in [-0.1, -0.05) is 35.5 Å². The molecule has 0 aliphatic carbocycles. The van der Waals surface area contributed by atoms with E-state index in [9.17, 15) is 0 Å². The lowest BCUT2D eigenvalue weighted by Gasteiger charge is -2.29. The third-order valence-corrected chi connectivity index (χ3v) is 5.04. The summed E-state index contributed by atoms with van der Waals surface area (Å²) in [6.45, 7) is 2.72. The average molecular weight is 367 g/mol. The molecule has 142 valence electrons. The Morgan fingerprint density at radius 3 is 2.70 bits per heavy atom. The molecule has 3 heterocycles. The topological polar surface area (TPSA) is 69.2 Å². The highest BCUT2D eigenvalue weighted by Gasteiger charge is 2.25. The van der Waals surface area contributed by atoms with Crippen molar-refractivity contribution in [3.05, 3.63) is 42.2 Å². The molecule has 1 aromatic carbocycles. The molecule has 27 heavy (non-hydrogen) atoms. The van der Waals surface area contributed by atoms with Gasteiger partial charge >= 0.3 is 0 Å². The van der Waals surface area contributed by atoms with Gasteiger partial charge in [-0.25, -0.2) is 9.67 Å². The predicted molar refractivity (Wildman–Crippen MR) is 102 cm³/mol. The second kappa shape index (κ2) is 8.02. The summed E-state index contributed by atoms with van der Waals surface area (Å²) in [4.78, 5) is 7.10. The Morgan fingerprint density at radius 1 is 1.19 bits per heavy atom. The molecule has 0 amide bonds. The van der Waals surface area contributed by atoms with Crippen molar-refractivity contribution < 1.29 is 9.26 Å². The second-order valence-corrected chi connectivity index (χ2v) is 7.02. The Morgan fingerprint density at radius 2 is 1.96 bits per heavy atom. The van der Waals surface area contributed by atoms with Crippen molar-refractivity contribution in [2.45, 2.75) is 25.3 Å². The largest absolute Gasteiger partial charge is 0.384 e. The van der Waals surface area contributed by atoms with Crippen LogP contribution in [0.25, 0.3) is 22.8 Å². The molecule has 0 atom stereocenters. The fraction of sp³-hybridized carbons (Fsp3) is 0.450. The summed E-state index contributed by atoms with van der Waals surface area (Å²) < 4.78 is 12.8. The van der Waals surface area contributed by atoms with Crippen LogP contribution in [-0.2, 0) is 11.2 Å². The fourth-order valence-electron chi connectivity index (χ4n) is 3.45. The summed E-state index contributed by atoms with van der Waals surface area (Å²) in [6, 6.07) is 12.3. The van der Waals surface area contributed by atoms with Crippen molar-refractivity contribution in [2.24, 2.45) is 0 Å². The van der Waals surface area contributed by atoms with Gasteiger partial charge in [-0.2, -0.15) is 5.10 Å². The van der Waals surface area contributed by atoms with Gasteiger partial charge in [0.05, 0.1) is 12.6 Å². The molecule has 0 unspecified atom stereocenters. The van der Waals surface area contributed by atoms with Gasteiger partial charge in [0.15, 0.2) is 23.1 Å². The summed E-state index contributed by atoms with van der Waals surface area (Å²) in [5.74, 6) is 2.30. The minimum Gasteiger partial charge on any atom is -0.384 e. The van der Waals surface area contributed by atoms with E-state index < -0.39 is 0 Å². The molecular weight excluding hydrogens is 342 g/mol. The van der Waals surface area contributed by atoms with Crippen LogP contribution in [0, 0.1) is 0 Å². The minimum atomic E-state index is 0.330. The van der Waals surface area contributed by atoms with Crippen molar-refractivity contribution >= 4 is 0 Å². The van der Waals surface area contributed by atoms with Gasteiger partial charge in [0.25, 0.3) is 0 Å². The van der Waals surface area contributed by atoms with E-state index in [0.717, 1.165) is 54.6 Å². The maximum absolute atomic E-state index is 5.59. The molecule has 7 heteroatoms. The Hall–Kier alpha value is -2.51. The fourth-order valence-corrected chi connectivity index (χ4v) is 3.45. The van der Waals surface area contributed by atoms with Gasteiger partial charge in [-0.3, -0.25) is 0 Å². The third-order valence-electron chi connectivity index (χ3n) is 5.04. The standard InChI is InChI=1S/C20H25N5O2/c1-24-11-8-16(9-12-24)25-20(21-19(22-25)10-13-26-2)17-14-18(27-23-17)15-6-4-3-5-7-15/h3-7,14,16H,8-13H2,1-2H3. The molecule has 1 saturated heterocycles. The molecule has 1 fully saturated rings. The average Bonchev–Trinajstić information content (AvgIpc) is 3.35. The molecule has 7 nitrogen and oxygen atoms in total. The maximum Gasteiger partial charge on any atom is 0.180 e. The second-order valence-electron chi connectivity index (χ2n) is 7.02. The first kappa shape index (κ1) is 17.9. The lowest BCUT2D eigenvalue weighted by atomic mass is 10.1. The van der Waals surface area contributed by atoms with Gasteiger partial charge in [0, 0.05) is 25.2 Å².